The highest BCUT2D eigenvalue weighted by Gasteiger charge is 2.16. The molecule has 1 amide bonds. The van der Waals surface area contributed by atoms with Gasteiger partial charge in [-0.25, -0.2) is 4.72 Å². The van der Waals surface area contributed by atoms with Crippen molar-refractivity contribution in [2.75, 3.05) is 27.2 Å². The second kappa shape index (κ2) is 6.73. The van der Waals surface area contributed by atoms with Crippen molar-refractivity contribution in [2.24, 2.45) is 0 Å². The van der Waals surface area contributed by atoms with Gasteiger partial charge in [-0.1, -0.05) is 23.2 Å². The van der Waals surface area contributed by atoms with Crippen LogP contribution in [0, 0.1) is 0 Å². The number of hydrogen-bond donors (Lipinski definition) is 3. The maximum Gasteiger partial charge on any atom is 0.278 e. The average molecular weight is 385 g/mol. The number of aromatic nitrogens is 1. The van der Waals surface area contributed by atoms with E-state index >= 15 is 0 Å². The van der Waals surface area contributed by atoms with E-state index in [1.807, 2.05) is 0 Å². The Morgan fingerprint density at radius 1 is 1.36 bits per heavy atom. The van der Waals surface area contributed by atoms with Crippen LogP contribution in [0.1, 0.15) is 10.5 Å². The lowest BCUT2D eigenvalue weighted by molar-refractivity contribution is 0.0950. The predicted octanol–water partition coefficient (Wildman–Crippen LogP) is 1.66. The van der Waals surface area contributed by atoms with Gasteiger partial charge in [0.15, 0.2) is 0 Å². The van der Waals surface area contributed by atoms with E-state index in [1.165, 1.54) is 25.4 Å². The molecule has 2 heterocycles. The van der Waals surface area contributed by atoms with Crippen LogP contribution in [0.3, 0.4) is 0 Å². The Morgan fingerprint density at radius 3 is 2.64 bits per heavy atom. The highest BCUT2D eigenvalue weighted by molar-refractivity contribution is 7.87. The van der Waals surface area contributed by atoms with Crippen LogP contribution >= 0.6 is 34.5 Å². The van der Waals surface area contributed by atoms with E-state index in [9.17, 15) is 13.2 Å². The molecule has 122 valence electrons. The van der Waals surface area contributed by atoms with Gasteiger partial charge in [0.2, 0.25) is 0 Å². The zero-order valence-corrected chi connectivity index (χ0v) is 14.9. The molecule has 0 spiro atoms. The van der Waals surface area contributed by atoms with Gasteiger partial charge in [-0.2, -0.15) is 12.7 Å². The number of H-pyrrole nitrogens is 1. The van der Waals surface area contributed by atoms with Crippen molar-refractivity contribution in [1.82, 2.24) is 19.3 Å². The fourth-order valence-electron chi connectivity index (χ4n) is 1.62. The maximum atomic E-state index is 12.0. The van der Waals surface area contributed by atoms with E-state index in [-0.39, 0.29) is 19.0 Å². The van der Waals surface area contributed by atoms with E-state index in [0.29, 0.717) is 20.6 Å². The normalized spacial score (nSPS) is 12.2. The van der Waals surface area contributed by atoms with Gasteiger partial charge in [-0.15, -0.1) is 11.3 Å². The van der Waals surface area contributed by atoms with Crippen LogP contribution in [0.5, 0.6) is 0 Å². The summed E-state index contributed by atoms with van der Waals surface area (Å²) in [6, 6.07) is 1.65. The number of thiophene rings is 1. The molecule has 0 saturated heterocycles. The SMILES string of the molecule is CN(C)S(=O)(=O)NCCNC(=O)c1cc2sc(Cl)c(Cl)c2[nH]1. The van der Waals surface area contributed by atoms with Crippen LogP contribution in [0.25, 0.3) is 10.2 Å². The van der Waals surface area contributed by atoms with E-state index < -0.39 is 10.2 Å². The summed E-state index contributed by atoms with van der Waals surface area (Å²) < 4.78 is 27.6. The molecule has 0 radical (unpaired) electrons. The molecule has 0 saturated carbocycles. The number of fused-ring (bicyclic) bond motifs is 1. The van der Waals surface area contributed by atoms with Crippen LogP contribution in [-0.2, 0) is 10.2 Å². The number of rotatable bonds is 6. The molecular formula is C11H14Cl2N4O3S2. The third kappa shape index (κ3) is 3.73. The molecule has 0 aliphatic heterocycles. The van der Waals surface area contributed by atoms with Crippen LogP contribution in [0.15, 0.2) is 6.07 Å². The first-order chi connectivity index (χ1) is 10.2. The molecule has 0 aliphatic carbocycles. The summed E-state index contributed by atoms with van der Waals surface area (Å²) in [5.41, 5.74) is 0.963. The maximum absolute atomic E-state index is 12.0. The zero-order valence-electron chi connectivity index (χ0n) is 11.7. The third-order valence-corrected chi connectivity index (χ3v) is 6.26. The lowest BCUT2D eigenvalue weighted by Gasteiger charge is -2.12. The van der Waals surface area contributed by atoms with Crippen molar-refractivity contribution in [3.63, 3.8) is 0 Å². The molecule has 0 fully saturated rings. The Labute approximate surface area is 141 Å². The molecule has 11 heteroatoms. The first kappa shape index (κ1) is 17.5. The van der Waals surface area contributed by atoms with Gasteiger partial charge >= 0.3 is 0 Å². The molecule has 0 bridgehead atoms. The van der Waals surface area contributed by atoms with Crippen molar-refractivity contribution in [2.45, 2.75) is 0 Å². The molecule has 0 unspecified atom stereocenters. The molecular weight excluding hydrogens is 371 g/mol. The summed E-state index contributed by atoms with van der Waals surface area (Å²) in [5, 5.41) is 3.00. The summed E-state index contributed by atoms with van der Waals surface area (Å²) in [4.78, 5) is 14.9. The van der Waals surface area contributed by atoms with E-state index in [4.69, 9.17) is 23.2 Å². The number of amides is 1. The largest absolute Gasteiger partial charge is 0.349 e. The minimum Gasteiger partial charge on any atom is -0.349 e. The Morgan fingerprint density at radius 2 is 2.05 bits per heavy atom. The second-order valence-corrected chi connectivity index (χ2v) is 8.55. The number of nitrogens with one attached hydrogen (secondary N) is 3. The Balaban J connectivity index is 1.92. The third-order valence-electron chi connectivity index (χ3n) is 2.79. The first-order valence-electron chi connectivity index (χ1n) is 6.14. The topological polar surface area (TPSA) is 94.3 Å². The quantitative estimate of drug-likeness (QED) is 0.660. The monoisotopic (exact) mass is 384 g/mol. The highest BCUT2D eigenvalue weighted by Crippen LogP contribution is 2.38. The molecule has 22 heavy (non-hydrogen) atoms. The van der Waals surface area contributed by atoms with Gasteiger partial charge in [-0.05, 0) is 6.07 Å². The van der Waals surface area contributed by atoms with Gasteiger partial charge in [0.1, 0.15) is 10.0 Å². The van der Waals surface area contributed by atoms with Crippen LogP contribution < -0.4 is 10.0 Å². The van der Waals surface area contributed by atoms with Gasteiger partial charge in [0.25, 0.3) is 16.1 Å². The molecule has 3 N–H and O–H groups in total. The number of aromatic amines is 1. The summed E-state index contributed by atoms with van der Waals surface area (Å²) in [6.45, 7) is 0.251. The van der Waals surface area contributed by atoms with Crippen molar-refractivity contribution in [3.8, 4) is 0 Å². The lowest BCUT2D eigenvalue weighted by Crippen LogP contribution is -2.40. The smallest absolute Gasteiger partial charge is 0.278 e. The van der Waals surface area contributed by atoms with E-state index in [2.05, 4.69) is 15.0 Å². The van der Waals surface area contributed by atoms with E-state index in [0.717, 1.165) is 9.01 Å². The van der Waals surface area contributed by atoms with Crippen LogP contribution in [0.2, 0.25) is 9.36 Å². The van der Waals surface area contributed by atoms with E-state index in [1.54, 1.807) is 6.07 Å². The Kier molecular flexibility index (Phi) is 5.36. The van der Waals surface area contributed by atoms with Crippen LogP contribution in [-0.4, -0.2) is 50.8 Å². The molecule has 0 atom stereocenters. The second-order valence-electron chi connectivity index (χ2n) is 4.55. The molecule has 7 nitrogen and oxygen atoms in total. The van der Waals surface area contributed by atoms with Gasteiger partial charge < -0.3 is 10.3 Å². The molecule has 2 rings (SSSR count). The Bertz CT molecular complexity index is 798. The highest BCUT2D eigenvalue weighted by atomic mass is 35.5. The minimum absolute atomic E-state index is 0.0912. The lowest BCUT2D eigenvalue weighted by atomic mass is 10.4. The molecule has 0 aliphatic rings. The van der Waals surface area contributed by atoms with Gasteiger partial charge in [0, 0.05) is 27.2 Å². The summed E-state index contributed by atoms with van der Waals surface area (Å²) in [7, 11) is -0.653. The predicted molar refractivity (Wildman–Crippen MR) is 89.1 cm³/mol. The van der Waals surface area contributed by atoms with Crippen LogP contribution in [0.4, 0.5) is 0 Å². The summed E-state index contributed by atoms with van der Waals surface area (Å²) >= 11 is 13.2. The number of carbonyl (C=O) groups is 1. The van der Waals surface area contributed by atoms with Crippen molar-refractivity contribution >= 4 is 60.9 Å². The molecule has 2 aromatic rings. The van der Waals surface area contributed by atoms with Gasteiger partial charge in [-0.3, -0.25) is 4.79 Å². The number of nitrogens with zero attached hydrogens (tertiary/aromatic N) is 1. The molecule has 2 aromatic heterocycles. The first-order valence-corrected chi connectivity index (χ1v) is 9.15. The standard InChI is InChI=1S/C11H14Cl2N4O3S2/c1-17(2)22(19,20)15-4-3-14-11(18)6-5-7-9(16-6)8(12)10(13)21-7/h5,15-16H,3-4H2,1-2H3,(H,14,18). The number of halogens is 2. The number of hydrogen-bond acceptors (Lipinski definition) is 4. The van der Waals surface area contributed by atoms with Crippen molar-refractivity contribution < 1.29 is 13.2 Å². The Hall–Kier alpha value is -0.840. The minimum atomic E-state index is -3.49. The summed E-state index contributed by atoms with van der Waals surface area (Å²) in [6.07, 6.45) is 0. The summed E-state index contributed by atoms with van der Waals surface area (Å²) in [5.74, 6) is -0.348. The average Bonchev–Trinajstić information content (AvgIpc) is 2.95. The zero-order chi connectivity index (χ0) is 16.5. The van der Waals surface area contributed by atoms with Crippen molar-refractivity contribution in [3.05, 3.63) is 21.1 Å². The van der Waals surface area contributed by atoms with Gasteiger partial charge in [0.05, 0.1) is 15.2 Å². The fraction of sp³-hybridized carbons (Fsp3) is 0.364. The molecule has 0 aromatic carbocycles. The van der Waals surface area contributed by atoms with Crippen molar-refractivity contribution in [1.29, 1.82) is 0 Å². The number of carbonyl (C=O) groups excluding carboxylic acids is 1. The fourth-order valence-corrected chi connectivity index (χ4v) is 3.72.